The molecule has 1 N–H and O–H groups in total. The zero-order valence-corrected chi connectivity index (χ0v) is 20.6. The predicted molar refractivity (Wildman–Crippen MR) is 139 cm³/mol. The number of fused-ring (bicyclic) bond motifs is 1. The molecule has 0 saturated carbocycles. The summed E-state index contributed by atoms with van der Waals surface area (Å²) in [6.07, 6.45) is 3.10. The highest BCUT2D eigenvalue weighted by Crippen LogP contribution is 2.27. The molecule has 4 rings (SSSR count). The fourth-order valence-corrected chi connectivity index (χ4v) is 4.76. The second kappa shape index (κ2) is 10.8. The van der Waals surface area contributed by atoms with E-state index in [1.165, 1.54) is 17.3 Å². The van der Waals surface area contributed by atoms with Crippen molar-refractivity contribution in [3.8, 4) is 0 Å². The van der Waals surface area contributed by atoms with Crippen molar-refractivity contribution in [3.05, 3.63) is 93.4 Å². The number of nitrogens with zero attached hydrogens (tertiary/aromatic N) is 3. The second-order valence-electron chi connectivity index (χ2n) is 7.81. The van der Waals surface area contributed by atoms with Crippen LogP contribution >= 0.6 is 23.4 Å². The number of thioether (sulfide) groups is 1. The molecule has 8 heteroatoms. The monoisotopic (exact) mass is 492 g/mol. The minimum Gasteiger partial charge on any atom is -0.325 e. The van der Waals surface area contributed by atoms with E-state index in [1.54, 1.807) is 29.0 Å². The summed E-state index contributed by atoms with van der Waals surface area (Å²) in [4.78, 5) is 35.4. The van der Waals surface area contributed by atoms with E-state index >= 15 is 0 Å². The van der Waals surface area contributed by atoms with E-state index in [0.717, 1.165) is 17.7 Å². The van der Waals surface area contributed by atoms with Crippen LogP contribution < -0.4 is 10.9 Å². The Morgan fingerprint density at radius 1 is 1.09 bits per heavy atom. The lowest BCUT2D eigenvalue weighted by Crippen LogP contribution is -2.28. The molecule has 2 aromatic heterocycles. The molecule has 0 unspecified atom stereocenters. The zero-order valence-electron chi connectivity index (χ0n) is 19.0. The minimum absolute atomic E-state index is 0.142. The topological polar surface area (TPSA) is 76.9 Å². The van der Waals surface area contributed by atoms with Crippen LogP contribution in [0.1, 0.15) is 31.4 Å². The molecule has 0 radical (unpaired) electrons. The highest BCUT2D eigenvalue weighted by Gasteiger charge is 2.23. The summed E-state index contributed by atoms with van der Waals surface area (Å²) in [5.41, 5.74) is 2.88. The Labute approximate surface area is 207 Å². The number of pyridine rings is 1. The number of rotatable bonds is 8. The summed E-state index contributed by atoms with van der Waals surface area (Å²) in [7, 11) is 0. The summed E-state index contributed by atoms with van der Waals surface area (Å²) in [6.45, 7) is 4.27. The Kier molecular flexibility index (Phi) is 7.65. The molecule has 0 aliphatic carbocycles. The SMILES string of the molecule is CCc1ccc(NC(=O)[C@@H](CC)Sc2nc3ncccc3c(=O)n2Cc2ccccc2Cl)cc1. The second-order valence-corrected chi connectivity index (χ2v) is 9.38. The van der Waals surface area contributed by atoms with E-state index in [2.05, 4.69) is 22.2 Å². The number of benzene rings is 2. The number of carbonyl (C=O) groups excluding carboxylic acids is 1. The van der Waals surface area contributed by atoms with E-state index in [0.29, 0.717) is 27.6 Å². The quantitative estimate of drug-likeness (QED) is 0.257. The Balaban J connectivity index is 1.67. The van der Waals surface area contributed by atoms with Crippen LogP contribution in [0, 0.1) is 0 Å². The zero-order chi connectivity index (χ0) is 24.1. The van der Waals surface area contributed by atoms with Crippen LogP contribution in [0.25, 0.3) is 11.0 Å². The van der Waals surface area contributed by atoms with Gasteiger partial charge in [-0.25, -0.2) is 9.97 Å². The summed E-state index contributed by atoms with van der Waals surface area (Å²) in [5.74, 6) is -0.142. The molecular weight excluding hydrogens is 468 g/mol. The first-order valence-electron chi connectivity index (χ1n) is 11.2. The average molecular weight is 493 g/mol. The largest absolute Gasteiger partial charge is 0.325 e. The maximum absolute atomic E-state index is 13.4. The van der Waals surface area contributed by atoms with Crippen LogP contribution in [0.4, 0.5) is 5.69 Å². The molecule has 34 heavy (non-hydrogen) atoms. The van der Waals surface area contributed by atoms with Crippen molar-refractivity contribution in [2.24, 2.45) is 0 Å². The third-order valence-electron chi connectivity index (χ3n) is 5.52. The van der Waals surface area contributed by atoms with Gasteiger partial charge in [0.25, 0.3) is 5.56 Å². The molecule has 1 atom stereocenters. The molecule has 0 aliphatic rings. The van der Waals surface area contributed by atoms with Crippen molar-refractivity contribution in [2.45, 2.75) is 43.6 Å². The molecule has 0 saturated heterocycles. The van der Waals surface area contributed by atoms with Crippen LogP contribution in [-0.2, 0) is 17.8 Å². The average Bonchev–Trinajstić information content (AvgIpc) is 2.86. The number of amides is 1. The van der Waals surface area contributed by atoms with Crippen molar-refractivity contribution in [3.63, 3.8) is 0 Å². The van der Waals surface area contributed by atoms with Gasteiger partial charge in [-0.15, -0.1) is 0 Å². The molecule has 174 valence electrons. The van der Waals surface area contributed by atoms with Gasteiger partial charge in [0, 0.05) is 16.9 Å². The van der Waals surface area contributed by atoms with Gasteiger partial charge in [0.15, 0.2) is 10.8 Å². The van der Waals surface area contributed by atoms with Crippen LogP contribution in [0.3, 0.4) is 0 Å². The molecule has 1 amide bonds. The Hall–Kier alpha value is -3.16. The fourth-order valence-electron chi connectivity index (χ4n) is 3.56. The van der Waals surface area contributed by atoms with E-state index in [4.69, 9.17) is 11.6 Å². The van der Waals surface area contributed by atoms with Crippen LogP contribution in [0.15, 0.2) is 76.8 Å². The van der Waals surface area contributed by atoms with E-state index in [1.807, 2.05) is 49.4 Å². The molecule has 6 nitrogen and oxygen atoms in total. The van der Waals surface area contributed by atoms with Crippen molar-refractivity contribution < 1.29 is 4.79 Å². The van der Waals surface area contributed by atoms with Gasteiger partial charge in [-0.2, -0.15) is 0 Å². The number of halogens is 1. The minimum atomic E-state index is -0.448. The first-order chi connectivity index (χ1) is 16.5. The van der Waals surface area contributed by atoms with Crippen LogP contribution in [0.2, 0.25) is 5.02 Å². The highest BCUT2D eigenvalue weighted by molar-refractivity contribution is 8.00. The van der Waals surface area contributed by atoms with Crippen molar-refractivity contribution >= 4 is 46.0 Å². The first kappa shape index (κ1) is 24.0. The van der Waals surface area contributed by atoms with E-state index in [-0.39, 0.29) is 18.0 Å². The Morgan fingerprint density at radius 3 is 2.56 bits per heavy atom. The van der Waals surface area contributed by atoms with Gasteiger partial charge < -0.3 is 5.32 Å². The summed E-state index contributed by atoms with van der Waals surface area (Å²) < 4.78 is 1.57. The standard InChI is InChI=1S/C26H25ClN4O2S/c1-3-17-11-13-19(14-12-17)29-24(32)22(4-2)34-26-30-23-20(9-7-15-28-23)25(33)31(26)16-18-8-5-6-10-21(18)27/h5-15,22H,3-4,16H2,1-2H3,(H,29,32)/t22-/m1/s1. The van der Waals surface area contributed by atoms with E-state index in [9.17, 15) is 9.59 Å². The summed E-state index contributed by atoms with van der Waals surface area (Å²) in [5, 5.41) is 3.96. The number of anilines is 1. The molecule has 2 aromatic carbocycles. The number of nitrogens with one attached hydrogen (secondary N) is 1. The molecule has 2 heterocycles. The lowest BCUT2D eigenvalue weighted by Gasteiger charge is -2.18. The molecule has 0 fully saturated rings. The number of carbonyl (C=O) groups is 1. The normalized spacial score (nSPS) is 12.0. The summed E-state index contributed by atoms with van der Waals surface area (Å²) in [6, 6.07) is 18.6. The third-order valence-corrected chi connectivity index (χ3v) is 7.24. The van der Waals surface area contributed by atoms with Crippen LogP contribution in [-0.4, -0.2) is 25.7 Å². The van der Waals surface area contributed by atoms with Gasteiger partial charge in [-0.1, -0.05) is 67.5 Å². The van der Waals surface area contributed by atoms with Gasteiger partial charge in [0.2, 0.25) is 5.91 Å². The van der Waals surface area contributed by atoms with Crippen molar-refractivity contribution in [2.75, 3.05) is 5.32 Å². The molecule has 4 aromatic rings. The Bertz CT molecular complexity index is 1370. The van der Waals surface area contributed by atoms with Gasteiger partial charge in [0.05, 0.1) is 17.2 Å². The van der Waals surface area contributed by atoms with Gasteiger partial charge in [0.1, 0.15) is 0 Å². The van der Waals surface area contributed by atoms with Crippen molar-refractivity contribution in [1.82, 2.24) is 14.5 Å². The molecule has 0 bridgehead atoms. The molecule has 0 aliphatic heterocycles. The number of aromatic nitrogens is 3. The van der Waals surface area contributed by atoms with Gasteiger partial charge >= 0.3 is 0 Å². The number of aryl methyl sites for hydroxylation is 1. The lowest BCUT2D eigenvalue weighted by molar-refractivity contribution is -0.115. The highest BCUT2D eigenvalue weighted by atomic mass is 35.5. The van der Waals surface area contributed by atoms with Gasteiger partial charge in [-0.3, -0.25) is 14.2 Å². The first-order valence-corrected chi connectivity index (χ1v) is 12.4. The van der Waals surface area contributed by atoms with E-state index < -0.39 is 5.25 Å². The number of hydrogen-bond donors (Lipinski definition) is 1. The molecular formula is C26H25ClN4O2S. The number of hydrogen-bond acceptors (Lipinski definition) is 5. The predicted octanol–water partition coefficient (Wildman–Crippen LogP) is 5.57. The summed E-state index contributed by atoms with van der Waals surface area (Å²) >= 11 is 7.63. The lowest BCUT2D eigenvalue weighted by atomic mass is 10.1. The van der Waals surface area contributed by atoms with Crippen molar-refractivity contribution in [1.29, 1.82) is 0 Å². The van der Waals surface area contributed by atoms with Gasteiger partial charge in [-0.05, 0) is 54.3 Å². The maximum Gasteiger partial charge on any atom is 0.263 e. The molecule has 0 spiro atoms. The smallest absolute Gasteiger partial charge is 0.263 e. The third kappa shape index (κ3) is 5.32. The maximum atomic E-state index is 13.4. The fraction of sp³-hybridized carbons (Fsp3) is 0.231. The van der Waals surface area contributed by atoms with Crippen LogP contribution in [0.5, 0.6) is 0 Å². The Morgan fingerprint density at radius 2 is 1.85 bits per heavy atom.